The van der Waals surface area contributed by atoms with E-state index in [-0.39, 0.29) is 413 Å². The normalized spacial score (nSPS) is 26.5. The number of rotatable bonds is 32. The van der Waals surface area contributed by atoms with Crippen molar-refractivity contribution in [3.8, 4) is 0 Å². The molecule has 542 valence electrons. The van der Waals surface area contributed by atoms with Gasteiger partial charge in [0.15, 0.2) is 0 Å². The summed E-state index contributed by atoms with van der Waals surface area (Å²) < 4.78 is 488. The van der Waals surface area contributed by atoms with E-state index >= 15 is 0 Å². The molecule has 1 aromatic rings. The molecular formula is C32H32N2Na12O48S12. The quantitative estimate of drug-likeness (QED) is 0.0280. The largest absolute Gasteiger partial charge is 1.00 e. The van der Waals surface area contributed by atoms with Crippen molar-refractivity contribution in [2.24, 2.45) is 0 Å². The van der Waals surface area contributed by atoms with Crippen molar-refractivity contribution in [2.45, 2.75) is 111 Å². The van der Waals surface area contributed by atoms with Crippen LogP contribution in [0.5, 0.6) is 0 Å². The molecule has 0 spiro atoms. The van der Waals surface area contributed by atoms with Gasteiger partial charge in [0.2, 0.25) is 125 Å². The minimum Gasteiger partial charge on any atom is -0.726 e. The Hall–Kier alpha value is 8.54. The molecule has 0 fully saturated rings. The van der Waals surface area contributed by atoms with E-state index < -0.39 is 246 Å². The zero-order valence-corrected chi connectivity index (χ0v) is 89.8. The van der Waals surface area contributed by atoms with Crippen LogP contribution in [0.4, 0.5) is 0 Å². The molecule has 1 aromatic carbocycles. The van der Waals surface area contributed by atoms with Gasteiger partial charge in [-0.2, -0.15) is 0 Å². The zero-order chi connectivity index (χ0) is 71.9. The molecule has 4 aliphatic rings. The Morgan fingerprint density at radius 2 is 0.368 bits per heavy atom. The molecule has 0 radical (unpaired) electrons. The van der Waals surface area contributed by atoms with Crippen LogP contribution < -0.4 is 355 Å². The summed E-state index contributed by atoms with van der Waals surface area (Å²) in [5.74, 6) is 0. The summed E-state index contributed by atoms with van der Waals surface area (Å²) in [6.45, 7) is -3.10. The molecule has 0 heterocycles. The van der Waals surface area contributed by atoms with Gasteiger partial charge in [0.1, 0.15) is 73.2 Å². The van der Waals surface area contributed by atoms with Crippen molar-refractivity contribution in [1.82, 2.24) is 9.80 Å². The summed E-state index contributed by atoms with van der Waals surface area (Å²) in [6.07, 6.45) is -37.2. The van der Waals surface area contributed by atoms with Crippen LogP contribution in [0.15, 0.2) is 72.9 Å². The van der Waals surface area contributed by atoms with Gasteiger partial charge >= 0.3 is 355 Å². The van der Waals surface area contributed by atoms with Crippen LogP contribution in [-0.4, -0.2) is 263 Å². The summed E-state index contributed by atoms with van der Waals surface area (Å²) in [7, 11) is -77.4. The van der Waals surface area contributed by atoms with Gasteiger partial charge in [0.25, 0.3) is 0 Å². The minimum absolute atomic E-state index is 0. The number of hydrogen-bond donors (Lipinski definition) is 0. The first-order valence-corrected chi connectivity index (χ1v) is 39.0. The third-order valence-electron chi connectivity index (χ3n) is 11.9. The molecule has 50 nitrogen and oxygen atoms in total. The van der Waals surface area contributed by atoms with Gasteiger partial charge in [0, 0.05) is 13.1 Å². The van der Waals surface area contributed by atoms with Gasteiger partial charge in [-0.3, -0.25) is 60.0 Å². The molecule has 0 amide bonds. The van der Waals surface area contributed by atoms with Gasteiger partial charge < -0.3 is 54.6 Å². The second-order valence-electron chi connectivity index (χ2n) is 18.3. The van der Waals surface area contributed by atoms with E-state index in [1.807, 2.05) is 0 Å². The molecule has 0 aliphatic heterocycles. The Balaban J connectivity index is -0.00000133. The zero-order valence-electron chi connectivity index (χ0n) is 56.0. The second kappa shape index (κ2) is 51.8. The number of nitrogens with zero attached hydrogens (tertiary/aromatic N) is 2. The van der Waals surface area contributed by atoms with Crippen LogP contribution in [-0.2, 0) is 188 Å². The number of benzene rings is 1. The molecule has 5 rings (SSSR count). The summed E-state index contributed by atoms with van der Waals surface area (Å²) >= 11 is 0. The van der Waals surface area contributed by atoms with Crippen molar-refractivity contribution >= 4 is 125 Å². The van der Waals surface area contributed by atoms with Crippen molar-refractivity contribution in [3.05, 3.63) is 84.0 Å². The van der Waals surface area contributed by atoms with E-state index in [0.29, 0.717) is 6.07 Å². The predicted molar refractivity (Wildman–Crippen MR) is 264 cm³/mol. The molecule has 0 bridgehead atoms. The van der Waals surface area contributed by atoms with Gasteiger partial charge in [-0.1, -0.05) is 72.9 Å². The fourth-order valence-corrected chi connectivity index (χ4v) is 15.2. The molecule has 0 N–H and O–H groups in total. The molecule has 0 unspecified atom stereocenters. The third kappa shape index (κ3) is 48.1. The summed E-state index contributed by atoms with van der Waals surface area (Å²) in [6, 6.07) is -8.43. The SMILES string of the molecule is O=S(=O)([O-])O[C@H]1[C@H](OS(=O)(=O)[O-])[C@@H](N(Cc2cccc(CN([C@H]3C=C[C@@H](OS(=O)(=O)[O-])[C@@H](OS(=O)(=O)[O-])[C@@H]3OS(=O)(=O)[O-])[C@H]3C=C[C@@H](OS(=O)(=O)[O-])[C@@H](OS(=O)(=O)[O-])[C@@H]3OS(=O)(=O)[O-])c2)[C@H]2C=C[C@@H](OS(=O)(=O)[O-])[C@@H](OS(=O)(=O)[O-])[C@@H]2OS(=O)(=O)[O-])C=C[C@H]1OS(=O)(=O)[O-].[Na+].[Na+].[Na+].[Na+].[Na+].[Na+].[Na+].[Na+].[Na+].[Na+].[Na+].[Na+]. The fraction of sp³-hybridized carbons (Fsp3) is 0.562. The average Bonchev–Trinajstić information content (AvgIpc) is 0.760. The minimum atomic E-state index is -6.59. The van der Waals surface area contributed by atoms with E-state index in [4.69, 9.17) is 0 Å². The van der Waals surface area contributed by atoms with Crippen molar-refractivity contribution in [1.29, 1.82) is 0 Å². The third-order valence-corrected chi connectivity index (χ3v) is 17.4. The Morgan fingerprint density at radius 1 is 0.226 bits per heavy atom. The molecule has 4 aliphatic carbocycles. The van der Waals surface area contributed by atoms with Crippen LogP contribution in [0.1, 0.15) is 11.1 Å². The first-order chi connectivity index (χ1) is 42.0. The topological polar surface area (TPSA) is 804 Å². The van der Waals surface area contributed by atoms with Gasteiger partial charge in [-0.25, -0.2) is 101 Å². The van der Waals surface area contributed by atoms with Crippen molar-refractivity contribution in [2.75, 3.05) is 0 Å². The molecule has 74 heteroatoms. The summed E-state index contributed by atoms with van der Waals surface area (Å²) in [5, 5.41) is 0. The van der Waals surface area contributed by atoms with E-state index in [2.05, 4.69) is 50.2 Å². The van der Waals surface area contributed by atoms with E-state index in [1.165, 1.54) is 0 Å². The molecule has 106 heavy (non-hydrogen) atoms. The van der Waals surface area contributed by atoms with Crippen molar-refractivity contribution < 1.29 is 561 Å². The van der Waals surface area contributed by atoms with Gasteiger partial charge in [0.05, 0.1) is 24.2 Å². The maximum absolute atomic E-state index is 12.4. The molecule has 0 saturated heterocycles. The Bertz CT molecular complexity index is 4040. The van der Waals surface area contributed by atoms with Crippen LogP contribution >= 0.6 is 0 Å². The smallest absolute Gasteiger partial charge is 0.726 e. The van der Waals surface area contributed by atoms with Crippen molar-refractivity contribution in [3.63, 3.8) is 0 Å². The Morgan fingerprint density at radius 3 is 0.509 bits per heavy atom. The number of hydrogen-bond acceptors (Lipinski definition) is 50. The van der Waals surface area contributed by atoms with Crippen LogP contribution in [0.2, 0.25) is 0 Å². The van der Waals surface area contributed by atoms with Gasteiger partial charge in [-0.05, 0) is 11.1 Å². The first-order valence-electron chi connectivity index (χ1n) is 23.0. The first kappa shape index (κ1) is 130. The van der Waals surface area contributed by atoms with E-state index in [1.54, 1.807) is 0 Å². The standard InChI is InChI=1S/C32H44N2O48S12.12Na/c35-83(36,37)71-21-8-4-17(25(75-87(47,48)49)29(21)79-91(59,60)61)33(18-5-9-22(72-84(38,39)40)30(80-92(62,63)64)26(18)76-88(50,51)52)13-15-2-1-3-16(12-15)14-34(19-6-10-23(73-85(41,42)43)31(81-93(65,66)67)27(19)77-89(53,54)55)20-7-11-24(74-86(44,45)46)32(82-94(68,69)70)28(20)78-90(56,57)58;;;;;;;;;;;;/h1-12,17-32H,13-14H2,(H,35,36,37)(H,38,39,40)(H,41,42,43)(H,44,45,46)(H,47,48,49)(H,50,51,52)(H,53,54,55)(H,56,57,58)(H,59,60,61)(H,62,63,64)(H,65,66,67)(H,68,69,70);;;;;;;;;;;;/q;12*+1/p-12/t17-,18-,19-,20-,21+,22+,23+,24+,25+,26+,27+,28+,29+,30+,31+,32+;;;;;;;;;;;;/m0............/s1. The average molecular weight is 1870 g/mol. The Kier molecular flexibility index (Phi) is 63.6. The van der Waals surface area contributed by atoms with Crippen LogP contribution in [0.25, 0.3) is 0 Å². The Labute approximate surface area is 872 Å². The maximum Gasteiger partial charge on any atom is 1.00 e. The summed E-state index contributed by atoms with van der Waals surface area (Å²) in [5.41, 5.74) is -1.50. The molecular weight excluding hydrogens is 1840 g/mol. The summed E-state index contributed by atoms with van der Waals surface area (Å²) in [4.78, 5) is 0.372. The predicted octanol–water partition coefficient (Wildman–Crippen LogP) is -46.8. The second-order valence-corrected chi connectivity index (χ2v) is 30.4. The van der Waals surface area contributed by atoms with E-state index in [0.717, 1.165) is 18.2 Å². The van der Waals surface area contributed by atoms with Crippen LogP contribution in [0.3, 0.4) is 0 Å². The van der Waals surface area contributed by atoms with E-state index in [9.17, 15) is 156 Å². The van der Waals surface area contributed by atoms with Gasteiger partial charge in [-0.15, -0.1) is 0 Å². The molecule has 0 saturated carbocycles. The monoisotopic (exact) mass is 1870 g/mol. The molecule has 0 aromatic heterocycles. The molecule has 16 atom stereocenters. The maximum atomic E-state index is 12.4. The van der Waals surface area contributed by atoms with Crippen LogP contribution in [0, 0.1) is 0 Å². The fourth-order valence-electron chi connectivity index (χ4n) is 9.42.